The number of hydrogen-bond acceptors (Lipinski definition) is 5. The Morgan fingerprint density at radius 1 is 1.13 bits per heavy atom. The number of halogens is 1. The van der Waals surface area contributed by atoms with Crippen LogP contribution in [-0.4, -0.2) is 28.2 Å². The molecule has 0 unspecified atom stereocenters. The van der Waals surface area contributed by atoms with Gasteiger partial charge in [-0.05, 0) is 29.8 Å². The van der Waals surface area contributed by atoms with Crippen LogP contribution in [0, 0.1) is 5.82 Å². The van der Waals surface area contributed by atoms with Crippen LogP contribution in [-0.2, 0) is 6.54 Å². The van der Waals surface area contributed by atoms with E-state index in [0.29, 0.717) is 16.8 Å². The van der Waals surface area contributed by atoms with Crippen molar-refractivity contribution in [3.63, 3.8) is 0 Å². The van der Waals surface area contributed by atoms with Gasteiger partial charge in [0.15, 0.2) is 0 Å². The van der Waals surface area contributed by atoms with E-state index >= 15 is 0 Å². The second kappa shape index (κ2) is 6.35. The third-order valence-corrected chi connectivity index (χ3v) is 3.23. The molecule has 0 fully saturated rings. The summed E-state index contributed by atoms with van der Waals surface area (Å²) in [6.45, 7) is 0.249. The zero-order valence-corrected chi connectivity index (χ0v) is 12.3. The number of carbonyl (C=O) groups excluding carboxylic acids is 1. The highest BCUT2D eigenvalue weighted by atomic mass is 19.1. The molecule has 7 heteroatoms. The first kappa shape index (κ1) is 14.8. The van der Waals surface area contributed by atoms with E-state index in [1.807, 2.05) is 0 Å². The van der Waals surface area contributed by atoms with Crippen LogP contribution in [0.4, 0.5) is 4.39 Å². The van der Waals surface area contributed by atoms with Gasteiger partial charge in [0, 0.05) is 12.6 Å². The van der Waals surface area contributed by atoms with Gasteiger partial charge in [0.1, 0.15) is 17.1 Å². The summed E-state index contributed by atoms with van der Waals surface area (Å²) >= 11 is 0. The smallest absolute Gasteiger partial charge is 0.291 e. The number of hydrogen-bond donors (Lipinski definition) is 1. The monoisotopic (exact) mass is 312 g/mol. The highest BCUT2D eigenvalue weighted by molar-refractivity contribution is 5.91. The highest BCUT2D eigenvalue weighted by Gasteiger charge is 2.11. The van der Waals surface area contributed by atoms with Crippen LogP contribution in [0.1, 0.15) is 16.2 Å². The number of carbonyl (C=O) groups is 1. The minimum atomic E-state index is -0.452. The Balaban J connectivity index is 1.76. The first-order chi connectivity index (χ1) is 11.2. The van der Waals surface area contributed by atoms with Crippen molar-refractivity contribution in [2.24, 2.45) is 0 Å². The average molecular weight is 312 g/mol. The first-order valence-electron chi connectivity index (χ1n) is 6.87. The fourth-order valence-corrected chi connectivity index (χ4v) is 2.00. The summed E-state index contributed by atoms with van der Waals surface area (Å²) in [7, 11) is 1.55. The Labute approximate surface area is 131 Å². The number of aromatic nitrogens is 3. The molecule has 1 N–H and O–H groups in total. The molecule has 0 atom stereocenters. The van der Waals surface area contributed by atoms with Crippen molar-refractivity contribution in [3.8, 4) is 5.75 Å². The van der Waals surface area contributed by atoms with Gasteiger partial charge in [-0.3, -0.25) is 4.79 Å². The maximum atomic E-state index is 12.8. The van der Waals surface area contributed by atoms with Gasteiger partial charge >= 0.3 is 0 Å². The van der Waals surface area contributed by atoms with Crippen molar-refractivity contribution in [2.75, 3.05) is 7.11 Å². The summed E-state index contributed by atoms with van der Waals surface area (Å²) in [5.74, 6) is -0.189. The Hall–Kier alpha value is -3.09. The summed E-state index contributed by atoms with van der Waals surface area (Å²) in [5, 5.41) is 10.5. The van der Waals surface area contributed by atoms with Gasteiger partial charge in [-0.25, -0.2) is 9.37 Å². The third kappa shape index (κ3) is 3.39. The molecule has 0 aliphatic carbocycles. The van der Waals surface area contributed by atoms with E-state index in [1.165, 1.54) is 12.1 Å². The molecule has 0 bridgehead atoms. The molecular formula is C16H13FN4O2. The molecule has 3 rings (SSSR count). The maximum absolute atomic E-state index is 12.8. The molecule has 23 heavy (non-hydrogen) atoms. The van der Waals surface area contributed by atoms with Crippen molar-refractivity contribution in [2.45, 2.75) is 6.54 Å². The number of benzene rings is 2. The first-order valence-corrected chi connectivity index (χ1v) is 6.87. The zero-order valence-electron chi connectivity index (χ0n) is 12.3. The van der Waals surface area contributed by atoms with Crippen LogP contribution in [0.25, 0.3) is 11.0 Å². The quantitative estimate of drug-likeness (QED) is 0.798. The van der Waals surface area contributed by atoms with E-state index < -0.39 is 5.91 Å². The van der Waals surface area contributed by atoms with Crippen molar-refractivity contribution >= 4 is 16.9 Å². The maximum Gasteiger partial charge on any atom is 0.291 e. The van der Waals surface area contributed by atoms with Crippen LogP contribution in [0.2, 0.25) is 0 Å². The molecule has 0 spiro atoms. The van der Waals surface area contributed by atoms with Gasteiger partial charge in [-0.1, -0.05) is 12.1 Å². The number of nitrogens with zero attached hydrogens (tertiary/aromatic N) is 3. The number of rotatable bonds is 4. The van der Waals surface area contributed by atoms with Gasteiger partial charge in [0.2, 0.25) is 5.82 Å². The van der Waals surface area contributed by atoms with Crippen molar-refractivity contribution in [3.05, 3.63) is 59.7 Å². The molecule has 0 radical (unpaired) electrons. The lowest BCUT2D eigenvalue weighted by molar-refractivity contribution is 0.0939. The molecule has 0 saturated heterocycles. The predicted molar refractivity (Wildman–Crippen MR) is 81.5 cm³/mol. The average Bonchev–Trinajstić information content (AvgIpc) is 2.60. The molecule has 1 heterocycles. The summed E-state index contributed by atoms with van der Waals surface area (Å²) in [6, 6.07) is 11.0. The van der Waals surface area contributed by atoms with Gasteiger partial charge in [-0.15, -0.1) is 10.2 Å². The lowest BCUT2D eigenvalue weighted by Gasteiger charge is -2.05. The SMILES string of the molecule is COc1ccc2nnc(C(=O)NCc3ccc(F)cc3)nc2c1. The molecule has 116 valence electrons. The molecule has 1 aromatic heterocycles. The lowest BCUT2D eigenvalue weighted by atomic mass is 10.2. The molecular weight excluding hydrogens is 299 g/mol. The van der Waals surface area contributed by atoms with Gasteiger partial charge in [0.05, 0.1) is 12.6 Å². The minimum absolute atomic E-state index is 0.0344. The van der Waals surface area contributed by atoms with Gasteiger partial charge in [0.25, 0.3) is 5.91 Å². The summed E-state index contributed by atoms with van der Waals surface area (Å²) in [6.07, 6.45) is 0. The van der Waals surface area contributed by atoms with Gasteiger partial charge < -0.3 is 10.1 Å². The molecule has 3 aromatic rings. The minimum Gasteiger partial charge on any atom is -0.497 e. The second-order valence-corrected chi connectivity index (χ2v) is 4.80. The molecule has 0 aliphatic heterocycles. The van der Waals surface area contributed by atoms with Crippen molar-refractivity contribution in [1.82, 2.24) is 20.5 Å². The lowest BCUT2D eigenvalue weighted by Crippen LogP contribution is -2.25. The zero-order chi connectivity index (χ0) is 16.2. The van der Waals surface area contributed by atoms with E-state index in [9.17, 15) is 9.18 Å². The summed E-state index contributed by atoms with van der Waals surface area (Å²) in [4.78, 5) is 16.3. The Morgan fingerprint density at radius 3 is 2.65 bits per heavy atom. The Kier molecular flexibility index (Phi) is 4.09. The topological polar surface area (TPSA) is 77.0 Å². The normalized spacial score (nSPS) is 10.5. The van der Waals surface area contributed by atoms with E-state index in [-0.39, 0.29) is 18.2 Å². The van der Waals surface area contributed by atoms with E-state index in [1.54, 1.807) is 37.4 Å². The number of amides is 1. The second-order valence-electron chi connectivity index (χ2n) is 4.80. The summed E-state index contributed by atoms with van der Waals surface area (Å²) < 4.78 is 18.0. The van der Waals surface area contributed by atoms with Crippen molar-refractivity contribution in [1.29, 1.82) is 0 Å². The third-order valence-electron chi connectivity index (χ3n) is 3.23. The predicted octanol–water partition coefficient (Wildman–Crippen LogP) is 2.10. The van der Waals surface area contributed by atoms with E-state index in [4.69, 9.17) is 4.74 Å². The van der Waals surface area contributed by atoms with Crippen molar-refractivity contribution < 1.29 is 13.9 Å². The molecule has 0 saturated carbocycles. The van der Waals surface area contributed by atoms with Gasteiger partial charge in [-0.2, -0.15) is 0 Å². The Morgan fingerprint density at radius 2 is 1.91 bits per heavy atom. The molecule has 6 nitrogen and oxygen atoms in total. The molecule has 1 amide bonds. The fraction of sp³-hybridized carbons (Fsp3) is 0.125. The number of ether oxygens (including phenoxy) is 1. The van der Waals surface area contributed by atoms with Crippen LogP contribution in [0.15, 0.2) is 42.5 Å². The van der Waals surface area contributed by atoms with Crippen LogP contribution >= 0.6 is 0 Å². The number of methoxy groups -OCH3 is 1. The largest absolute Gasteiger partial charge is 0.497 e. The fourth-order valence-electron chi connectivity index (χ4n) is 2.00. The Bertz CT molecular complexity index is 852. The van der Waals surface area contributed by atoms with E-state index in [0.717, 1.165) is 5.56 Å². The highest BCUT2D eigenvalue weighted by Crippen LogP contribution is 2.16. The number of fused-ring (bicyclic) bond motifs is 1. The molecule has 0 aliphatic rings. The summed E-state index contributed by atoms with van der Waals surface area (Å²) in [5.41, 5.74) is 1.86. The van der Waals surface area contributed by atoms with Crippen LogP contribution in [0.5, 0.6) is 5.75 Å². The molecule has 2 aromatic carbocycles. The van der Waals surface area contributed by atoms with Crippen LogP contribution in [0.3, 0.4) is 0 Å². The van der Waals surface area contributed by atoms with E-state index in [2.05, 4.69) is 20.5 Å². The standard InChI is InChI=1S/C16H13FN4O2/c1-23-12-6-7-13-14(8-12)19-15(21-20-13)16(22)18-9-10-2-4-11(17)5-3-10/h2-8H,9H2,1H3,(H,18,22). The number of nitrogens with one attached hydrogen (secondary N) is 1. The van der Waals surface area contributed by atoms with Crippen LogP contribution < -0.4 is 10.1 Å².